The number of nitrogens with zero attached hydrogens (tertiary/aromatic N) is 2. The molecule has 4 atom stereocenters. The number of carbonyl (C=O) groups excluding carboxylic acids is 4. The van der Waals surface area contributed by atoms with Crippen LogP contribution in [0.4, 0.5) is 11.4 Å². The number of halogens is 3. The molecule has 0 saturated carbocycles. The predicted molar refractivity (Wildman–Crippen MR) is 152 cm³/mol. The fraction of sp³-hybridized carbons (Fsp3) is 0.440. The van der Waals surface area contributed by atoms with Crippen LogP contribution in [-0.2, 0) is 20.8 Å². The lowest BCUT2D eigenvalue weighted by Crippen LogP contribution is -2.63. The smallest absolute Gasteiger partial charge is 0.255 e. The van der Waals surface area contributed by atoms with Gasteiger partial charge in [0.25, 0.3) is 5.91 Å². The Hall–Kier alpha value is -3.03. The second-order valence-corrected chi connectivity index (χ2v) is 10.5. The highest BCUT2D eigenvalue weighted by Crippen LogP contribution is 2.53. The molecule has 40 heavy (non-hydrogen) atoms. The molecule has 3 unspecified atom stereocenters. The molecule has 12 nitrogen and oxygen atoms in total. The van der Waals surface area contributed by atoms with Crippen molar-refractivity contribution in [2.45, 2.75) is 24.5 Å². The summed E-state index contributed by atoms with van der Waals surface area (Å²) in [5, 5.41) is 47.3. The number of aromatic hydroxyl groups is 1. The number of amides is 2. The Morgan fingerprint density at radius 1 is 1.15 bits per heavy atom. The van der Waals surface area contributed by atoms with Crippen LogP contribution in [0.15, 0.2) is 28.7 Å². The summed E-state index contributed by atoms with van der Waals surface area (Å²) in [6.07, 6.45) is 0.101. The number of rotatable bonds is 5. The number of aliphatic hydroxyl groups excluding tert-OH is 2. The van der Waals surface area contributed by atoms with Crippen LogP contribution in [0.2, 0.25) is 0 Å². The summed E-state index contributed by atoms with van der Waals surface area (Å²) in [6.45, 7) is 0. The van der Waals surface area contributed by atoms with Gasteiger partial charge < -0.3 is 36.4 Å². The Labute approximate surface area is 247 Å². The highest BCUT2D eigenvalue weighted by Gasteiger charge is 2.63. The molecule has 0 saturated heterocycles. The number of alkyl halides is 1. The number of fused-ring (bicyclic) bond motifs is 3. The molecule has 1 aromatic carbocycles. The van der Waals surface area contributed by atoms with E-state index in [1.54, 1.807) is 33.1 Å². The number of nitrogens with one attached hydrogen (secondary N) is 1. The zero-order valence-electron chi connectivity index (χ0n) is 22.0. The summed E-state index contributed by atoms with van der Waals surface area (Å²) in [5.41, 5.74) is 2.12. The number of primary amides is 1. The minimum Gasteiger partial charge on any atom is -0.510 e. The maximum Gasteiger partial charge on any atom is 0.255 e. The number of anilines is 2. The lowest BCUT2D eigenvalue weighted by Gasteiger charge is -2.50. The molecule has 3 aliphatic carbocycles. The number of Topliss-reactive ketones (excluding diaryl/α,β-unsaturated/α-hetero) is 2. The van der Waals surface area contributed by atoms with E-state index in [1.165, 1.54) is 11.0 Å². The predicted octanol–water partition coefficient (Wildman–Crippen LogP) is 1.21. The highest BCUT2D eigenvalue weighted by molar-refractivity contribution is 6.29. The van der Waals surface area contributed by atoms with Crippen LogP contribution < -0.4 is 16.0 Å². The quantitative estimate of drug-likeness (QED) is 0.158. The average Bonchev–Trinajstić information content (AvgIpc) is 2.82. The Morgan fingerprint density at radius 3 is 2.25 bits per heavy atom. The topological polar surface area (TPSA) is 194 Å². The van der Waals surface area contributed by atoms with Gasteiger partial charge in [-0.2, -0.15) is 0 Å². The van der Waals surface area contributed by atoms with Crippen molar-refractivity contribution < 1.29 is 39.6 Å². The van der Waals surface area contributed by atoms with E-state index in [1.807, 2.05) is 0 Å². The molecule has 220 valence electrons. The monoisotopic (exact) mass is 620 g/mol. The summed E-state index contributed by atoms with van der Waals surface area (Å²) >= 11 is 5.58. The fourth-order valence-corrected chi connectivity index (χ4v) is 6.04. The van der Waals surface area contributed by atoms with Crippen LogP contribution in [-0.4, -0.2) is 94.4 Å². The van der Waals surface area contributed by atoms with Gasteiger partial charge in [-0.1, -0.05) is 0 Å². The SMILES string of the molecule is CN(C)c1cc(NC(=O)CCl)c(O)c2c1CC1CC3[C@H](N(C)C)C(O)=C(C(N)=O)C(=O)C3(O)C(O)=C1C2=O.Cl.Cl. The van der Waals surface area contributed by atoms with Gasteiger partial charge in [-0.25, -0.2) is 0 Å². The van der Waals surface area contributed by atoms with Crippen LogP contribution in [0, 0.1) is 11.8 Å². The van der Waals surface area contributed by atoms with E-state index in [9.17, 15) is 39.6 Å². The molecule has 15 heteroatoms. The molecule has 4 rings (SSSR count). The lowest BCUT2D eigenvalue weighted by atomic mass is 9.58. The number of carbonyl (C=O) groups is 4. The second kappa shape index (κ2) is 11.5. The highest BCUT2D eigenvalue weighted by atomic mass is 35.5. The molecule has 3 aliphatic rings. The van der Waals surface area contributed by atoms with E-state index >= 15 is 0 Å². The molecule has 0 radical (unpaired) electrons. The molecule has 0 aromatic heterocycles. The van der Waals surface area contributed by atoms with Gasteiger partial charge in [0.05, 0.1) is 17.3 Å². The molecular formula is C25H31Cl3N4O8. The van der Waals surface area contributed by atoms with E-state index < -0.39 is 75.6 Å². The minimum atomic E-state index is -2.73. The number of aliphatic hydroxyl groups is 3. The third-order valence-corrected chi connectivity index (χ3v) is 7.82. The number of ketones is 2. The van der Waals surface area contributed by atoms with Crippen molar-refractivity contribution >= 4 is 71.2 Å². The van der Waals surface area contributed by atoms with Gasteiger partial charge in [0, 0.05) is 31.3 Å². The van der Waals surface area contributed by atoms with Crippen molar-refractivity contribution in [3.05, 3.63) is 39.9 Å². The zero-order valence-corrected chi connectivity index (χ0v) is 24.4. The van der Waals surface area contributed by atoms with Crippen molar-refractivity contribution in [3.63, 3.8) is 0 Å². The van der Waals surface area contributed by atoms with E-state index in [2.05, 4.69) is 5.32 Å². The van der Waals surface area contributed by atoms with Crippen molar-refractivity contribution in [1.82, 2.24) is 4.90 Å². The van der Waals surface area contributed by atoms with Gasteiger partial charge >= 0.3 is 0 Å². The largest absolute Gasteiger partial charge is 0.510 e. The molecule has 2 amide bonds. The molecule has 0 heterocycles. The maximum atomic E-state index is 13.9. The standard InChI is InChI=1S/C25H29ClN4O8.2ClH/c1-29(2)13-7-12(28-14(31)8-26)19(32)16-10(13)5-9-6-11-18(30(3)4)21(34)17(24(27)37)23(36)25(11,38)22(35)15(9)20(16)33;;/h7,9,11,18,32,34-35,38H,5-6,8H2,1-4H3,(H2,27,37)(H,28,31);2*1H/t9?,11?,18-,25?;;/m0../s1. The second-order valence-electron chi connectivity index (χ2n) is 10.2. The number of hydrogen-bond donors (Lipinski definition) is 6. The Bertz CT molecular complexity index is 1360. The molecule has 0 bridgehead atoms. The van der Waals surface area contributed by atoms with Crippen molar-refractivity contribution in [2.75, 3.05) is 44.3 Å². The third-order valence-electron chi connectivity index (χ3n) is 7.58. The van der Waals surface area contributed by atoms with Gasteiger partial charge in [-0.15, -0.1) is 36.4 Å². The summed E-state index contributed by atoms with van der Waals surface area (Å²) in [6, 6.07) is 0.426. The van der Waals surface area contributed by atoms with Crippen LogP contribution in [0.3, 0.4) is 0 Å². The molecular weight excluding hydrogens is 591 g/mol. The number of phenolic OH excluding ortho intramolecular Hbond substituents is 1. The Balaban J connectivity index is 0.00000280. The molecule has 0 spiro atoms. The summed E-state index contributed by atoms with van der Waals surface area (Å²) in [7, 11) is 6.55. The van der Waals surface area contributed by atoms with Gasteiger partial charge in [0.2, 0.25) is 11.7 Å². The number of likely N-dealkylation sites (N-methyl/N-ethyl adjacent to an activating group) is 1. The van der Waals surface area contributed by atoms with Gasteiger partial charge in [0.1, 0.15) is 23.0 Å². The molecule has 0 aliphatic heterocycles. The van der Waals surface area contributed by atoms with Crippen molar-refractivity contribution in [2.24, 2.45) is 17.6 Å². The summed E-state index contributed by atoms with van der Waals surface area (Å²) in [5.74, 6) is -8.45. The summed E-state index contributed by atoms with van der Waals surface area (Å²) in [4.78, 5) is 54.4. The first-order valence-electron chi connectivity index (χ1n) is 11.7. The third kappa shape index (κ3) is 4.67. The number of phenols is 1. The number of allylic oxidation sites excluding steroid dienone is 1. The molecule has 7 N–H and O–H groups in total. The van der Waals surface area contributed by atoms with Crippen molar-refractivity contribution in [3.8, 4) is 5.75 Å². The minimum absolute atomic E-state index is 0. The number of nitrogens with two attached hydrogens (primary N) is 1. The fourth-order valence-electron chi connectivity index (χ4n) is 5.98. The normalized spacial score (nSPS) is 25.3. The Morgan fingerprint density at radius 2 is 1.75 bits per heavy atom. The van der Waals surface area contributed by atoms with Gasteiger partial charge in [-0.05, 0) is 44.5 Å². The van der Waals surface area contributed by atoms with E-state index in [4.69, 9.17) is 17.3 Å². The Kier molecular flexibility index (Phi) is 9.50. The van der Waals surface area contributed by atoms with Crippen molar-refractivity contribution in [1.29, 1.82) is 0 Å². The number of benzene rings is 1. The van der Waals surface area contributed by atoms with E-state index in [0.717, 1.165) is 0 Å². The van der Waals surface area contributed by atoms with E-state index in [0.29, 0.717) is 11.3 Å². The van der Waals surface area contributed by atoms with Crippen LogP contribution in [0.25, 0.3) is 0 Å². The maximum absolute atomic E-state index is 13.9. The zero-order chi connectivity index (χ0) is 28.4. The van der Waals surface area contributed by atoms with Crippen LogP contribution in [0.1, 0.15) is 22.3 Å². The van der Waals surface area contributed by atoms with Gasteiger partial charge in [0.15, 0.2) is 17.1 Å². The average molecular weight is 622 g/mol. The number of hydrogen-bond acceptors (Lipinski definition) is 10. The first-order chi connectivity index (χ1) is 17.7. The lowest BCUT2D eigenvalue weighted by molar-refractivity contribution is -0.148. The first-order valence-corrected chi connectivity index (χ1v) is 12.3. The van der Waals surface area contributed by atoms with Crippen LogP contribution in [0.5, 0.6) is 5.75 Å². The first kappa shape index (κ1) is 33.2. The molecule has 1 aromatic rings. The van der Waals surface area contributed by atoms with Crippen LogP contribution >= 0.6 is 36.4 Å². The molecule has 0 fully saturated rings. The van der Waals surface area contributed by atoms with E-state index in [-0.39, 0.29) is 54.5 Å². The summed E-state index contributed by atoms with van der Waals surface area (Å²) < 4.78 is 0. The van der Waals surface area contributed by atoms with Gasteiger partial charge in [-0.3, -0.25) is 24.1 Å².